The predicted octanol–water partition coefficient (Wildman–Crippen LogP) is 2.42. The molecule has 6 heteroatoms. The van der Waals surface area contributed by atoms with Crippen molar-refractivity contribution < 1.29 is 10.2 Å². The number of guanidine groups is 1. The third-order valence-corrected chi connectivity index (χ3v) is 4.25. The standard InChI is InChI=1S/C20H18N4O.H2O/c1-25-17-7-6-13-9-15(5-4-14(13)10-17)18-11-19(24-20(21)23-18)16-3-2-8-22-12-16;/h2-12,18H,1H3,(H3,21,23,24);1H2/t18-;/m1./s1. The second-order valence-electron chi connectivity index (χ2n) is 5.88. The van der Waals surface area contributed by atoms with Gasteiger partial charge in [-0.2, -0.15) is 0 Å². The van der Waals surface area contributed by atoms with Crippen LogP contribution >= 0.6 is 0 Å². The number of hydrogen-bond donors (Lipinski definition) is 2. The van der Waals surface area contributed by atoms with Crippen molar-refractivity contribution >= 4 is 22.4 Å². The first-order valence-electron chi connectivity index (χ1n) is 8.03. The molecule has 0 saturated heterocycles. The van der Waals surface area contributed by atoms with Gasteiger partial charge >= 0.3 is 0 Å². The smallest absolute Gasteiger partial charge is 0.194 e. The molecule has 2 aromatic carbocycles. The molecule has 3 aromatic rings. The largest absolute Gasteiger partial charge is 0.497 e. The van der Waals surface area contributed by atoms with Crippen molar-refractivity contribution in [1.82, 2.24) is 10.3 Å². The number of rotatable bonds is 3. The highest BCUT2D eigenvalue weighted by Crippen LogP contribution is 2.29. The number of aliphatic imine (C=N–C) groups is 1. The van der Waals surface area contributed by atoms with Crippen LogP contribution in [-0.4, -0.2) is 23.5 Å². The van der Waals surface area contributed by atoms with Crippen LogP contribution in [0.4, 0.5) is 0 Å². The van der Waals surface area contributed by atoms with Gasteiger partial charge in [-0.15, -0.1) is 0 Å². The minimum Gasteiger partial charge on any atom is -0.497 e. The fourth-order valence-corrected chi connectivity index (χ4v) is 2.97. The quantitative estimate of drug-likeness (QED) is 0.758. The lowest BCUT2D eigenvalue weighted by Gasteiger charge is -2.20. The van der Waals surface area contributed by atoms with Gasteiger partial charge in [0.1, 0.15) is 5.75 Å². The van der Waals surface area contributed by atoms with Crippen molar-refractivity contribution in [1.29, 1.82) is 0 Å². The van der Waals surface area contributed by atoms with Crippen LogP contribution in [0.25, 0.3) is 16.5 Å². The van der Waals surface area contributed by atoms with Crippen LogP contribution in [0, 0.1) is 0 Å². The summed E-state index contributed by atoms with van der Waals surface area (Å²) in [6, 6.07) is 16.1. The highest BCUT2D eigenvalue weighted by Gasteiger charge is 2.17. The molecule has 0 unspecified atom stereocenters. The number of nitrogens with zero attached hydrogens (tertiary/aromatic N) is 2. The van der Waals surface area contributed by atoms with Crippen LogP contribution in [-0.2, 0) is 0 Å². The van der Waals surface area contributed by atoms with E-state index in [2.05, 4.69) is 45.6 Å². The predicted molar refractivity (Wildman–Crippen MR) is 104 cm³/mol. The maximum atomic E-state index is 6.00. The zero-order chi connectivity index (χ0) is 17.2. The highest BCUT2D eigenvalue weighted by molar-refractivity contribution is 5.90. The summed E-state index contributed by atoms with van der Waals surface area (Å²) in [7, 11) is 1.67. The first kappa shape index (κ1) is 17.4. The van der Waals surface area contributed by atoms with E-state index in [4.69, 9.17) is 10.5 Å². The van der Waals surface area contributed by atoms with Gasteiger partial charge in [-0.3, -0.25) is 4.98 Å². The van der Waals surface area contributed by atoms with Gasteiger partial charge in [0.2, 0.25) is 0 Å². The Labute approximate surface area is 151 Å². The van der Waals surface area contributed by atoms with Crippen LogP contribution in [0.15, 0.2) is 72.0 Å². The van der Waals surface area contributed by atoms with E-state index >= 15 is 0 Å². The van der Waals surface area contributed by atoms with Crippen LogP contribution in [0.3, 0.4) is 0 Å². The Bertz CT molecular complexity index is 984. The minimum absolute atomic E-state index is 0. The Balaban J connectivity index is 0.00000196. The minimum atomic E-state index is -0.136. The number of hydrogen-bond acceptors (Lipinski definition) is 5. The second kappa shape index (κ2) is 7.25. The van der Waals surface area contributed by atoms with Crippen LogP contribution in [0.2, 0.25) is 0 Å². The van der Waals surface area contributed by atoms with Crippen molar-refractivity contribution in [3.8, 4) is 5.75 Å². The lowest BCUT2D eigenvalue weighted by atomic mass is 9.99. The van der Waals surface area contributed by atoms with E-state index in [0.29, 0.717) is 5.96 Å². The average molecular weight is 348 g/mol. The molecular formula is C20H20N4O2. The van der Waals surface area contributed by atoms with Crippen molar-refractivity contribution in [3.63, 3.8) is 0 Å². The molecule has 1 aromatic heterocycles. The molecule has 0 spiro atoms. The number of fused-ring (bicyclic) bond motifs is 1. The van der Waals surface area contributed by atoms with Gasteiger partial charge in [0.25, 0.3) is 0 Å². The summed E-state index contributed by atoms with van der Waals surface area (Å²) in [5.74, 6) is 1.25. The molecule has 0 fully saturated rings. The molecule has 1 aliphatic rings. The molecule has 0 saturated carbocycles. The molecule has 0 bridgehead atoms. The van der Waals surface area contributed by atoms with Crippen molar-refractivity contribution in [2.75, 3.05) is 7.11 Å². The number of nitrogens with one attached hydrogen (secondary N) is 1. The number of pyridine rings is 1. The number of aromatic nitrogens is 1. The molecule has 4 rings (SSSR count). The number of methoxy groups -OCH3 is 1. The Morgan fingerprint density at radius 3 is 2.65 bits per heavy atom. The summed E-state index contributed by atoms with van der Waals surface area (Å²) in [5.41, 5.74) is 8.99. The second-order valence-corrected chi connectivity index (χ2v) is 5.88. The number of ether oxygens (including phenoxy) is 1. The van der Waals surface area contributed by atoms with Gasteiger partial charge in [-0.25, -0.2) is 4.99 Å². The van der Waals surface area contributed by atoms with Gasteiger partial charge in [0, 0.05) is 23.7 Å². The van der Waals surface area contributed by atoms with E-state index in [0.717, 1.165) is 33.3 Å². The Kier molecular flexibility index (Phi) is 4.86. The molecule has 0 amide bonds. The SMILES string of the molecule is COc1ccc2cc([C@H]3C=C(c4cccnc4)NC(N)=N3)ccc2c1.O. The Morgan fingerprint density at radius 2 is 1.88 bits per heavy atom. The molecule has 132 valence electrons. The van der Waals surface area contributed by atoms with Gasteiger partial charge in [0.05, 0.1) is 13.2 Å². The first-order valence-corrected chi connectivity index (χ1v) is 8.03. The third kappa shape index (κ3) is 3.36. The van der Waals surface area contributed by atoms with E-state index in [1.165, 1.54) is 0 Å². The molecule has 5 N–H and O–H groups in total. The maximum absolute atomic E-state index is 6.00. The molecule has 0 aliphatic carbocycles. The van der Waals surface area contributed by atoms with E-state index in [9.17, 15) is 0 Å². The van der Waals surface area contributed by atoms with Crippen molar-refractivity contribution in [2.24, 2.45) is 10.7 Å². The summed E-state index contributed by atoms with van der Waals surface area (Å²) in [6.07, 6.45) is 5.62. The zero-order valence-corrected chi connectivity index (χ0v) is 14.3. The van der Waals surface area contributed by atoms with Gasteiger partial charge in [-0.1, -0.05) is 18.2 Å². The summed E-state index contributed by atoms with van der Waals surface area (Å²) in [6.45, 7) is 0. The zero-order valence-electron chi connectivity index (χ0n) is 14.3. The molecule has 1 aliphatic heterocycles. The van der Waals surface area contributed by atoms with Gasteiger partial charge in [0.15, 0.2) is 5.96 Å². The monoisotopic (exact) mass is 348 g/mol. The van der Waals surface area contributed by atoms with Crippen LogP contribution < -0.4 is 15.8 Å². The van der Waals surface area contributed by atoms with Crippen LogP contribution in [0.5, 0.6) is 5.75 Å². The van der Waals surface area contributed by atoms with E-state index in [1.807, 2.05) is 24.3 Å². The maximum Gasteiger partial charge on any atom is 0.194 e. The van der Waals surface area contributed by atoms with E-state index in [1.54, 1.807) is 19.5 Å². The number of nitrogens with two attached hydrogens (primary N) is 1. The topological polar surface area (TPSA) is 104 Å². The molecular weight excluding hydrogens is 328 g/mol. The number of benzene rings is 2. The van der Waals surface area contributed by atoms with E-state index < -0.39 is 0 Å². The summed E-state index contributed by atoms with van der Waals surface area (Å²) < 4.78 is 5.28. The highest BCUT2D eigenvalue weighted by atomic mass is 16.5. The average Bonchev–Trinajstić information content (AvgIpc) is 2.67. The van der Waals surface area contributed by atoms with Gasteiger partial charge < -0.3 is 21.3 Å². The lowest BCUT2D eigenvalue weighted by Crippen LogP contribution is -2.33. The normalized spacial score (nSPS) is 16.1. The van der Waals surface area contributed by atoms with Gasteiger partial charge in [-0.05, 0) is 52.7 Å². The summed E-state index contributed by atoms with van der Waals surface area (Å²) in [4.78, 5) is 8.70. The fraction of sp³-hybridized carbons (Fsp3) is 0.100. The summed E-state index contributed by atoms with van der Waals surface area (Å²) >= 11 is 0. The Hall–Kier alpha value is -3.38. The molecule has 6 nitrogen and oxygen atoms in total. The lowest BCUT2D eigenvalue weighted by molar-refractivity contribution is 0.415. The third-order valence-electron chi connectivity index (χ3n) is 4.25. The molecule has 2 heterocycles. The molecule has 1 atom stereocenters. The van der Waals surface area contributed by atoms with Crippen molar-refractivity contribution in [3.05, 3.63) is 78.1 Å². The van der Waals surface area contributed by atoms with Crippen molar-refractivity contribution in [2.45, 2.75) is 6.04 Å². The molecule has 26 heavy (non-hydrogen) atoms. The fourth-order valence-electron chi connectivity index (χ4n) is 2.97. The van der Waals surface area contributed by atoms with Crippen LogP contribution in [0.1, 0.15) is 17.2 Å². The van der Waals surface area contributed by atoms with E-state index in [-0.39, 0.29) is 11.5 Å². The molecule has 0 radical (unpaired) electrons. The Morgan fingerprint density at radius 1 is 1.08 bits per heavy atom. The first-order chi connectivity index (χ1) is 12.2. The summed E-state index contributed by atoms with van der Waals surface area (Å²) in [5, 5.41) is 5.39.